The number of fused-ring (bicyclic) bond motifs is 1. The monoisotopic (exact) mass is 365 g/mol. The molecule has 2 heterocycles. The van der Waals surface area contributed by atoms with Gasteiger partial charge in [0, 0.05) is 9.86 Å². The maximum absolute atomic E-state index is 6.37. The lowest BCUT2D eigenvalue weighted by molar-refractivity contribution is 0.425. The van der Waals surface area contributed by atoms with Crippen LogP contribution in [0.5, 0.6) is 0 Å². The lowest BCUT2D eigenvalue weighted by Crippen LogP contribution is -1.95. The summed E-state index contributed by atoms with van der Waals surface area (Å²) in [5.74, 6) is 0.978. The van der Waals surface area contributed by atoms with Crippen LogP contribution in [0.1, 0.15) is 23.9 Å². The van der Waals surface area contributed by atoms with Crippen molar-refractivity contribution in [2.24, 2.45) is 0 Å². The van der Waals surface area contributed by atoms with E-state index in [1.54, 1.807) is 6.92 Å². The maximum atomic E-state index is 6.37. The molecule has 0 aliphatic carbocycles. The quantitative estimate of drug-likeness (QED) is 0.607. The topological polar surface area (TPSA) is 51.8 Å². The van der Waals surface area contributed by atoms with Gasteiger partial charge in [0.2, 0.25) is 0 Å². The first kappa shape index (κ1) is 14.5. The minimum absolute atomic E-state index is 0.390. The fourth-order valence-corrected chi connectivity index (χ4v) is 3.25. The van der Waals surface area contributed by atoms with Crippen LogP contribution in [-0.4, -0.2) is 15.1 Å². The molecule has 0 aliphatic rings. The molecule has 0 saturated heterocycles. The molecule has 0 atom stereocenters. The van der Waals surface area contributed by atoms with E-state index in [2.05, 4.69) is 44.0 Å². The number of aromatic nitrogens is 3. The van der Waals surface area contributed by atoms with Gasteiger partial charge < -0.3 is 4.52 Å². The molecule has 21 heavy (non-hydrogen) atoms. The predicted octanol–water partition coefficient (Wildman–Crippen LogP) is 4.88. The van der Waals surface area contributed by atoms with Gasteiger partial charge in [-0.25, -0.2) is 4.98 Å². The molecular weight excluding hydrogens is 354 g/mol. The number of nitrogens with zero attached hydrogens (tertiary/aromatic N) is 3. The van der Waals surface area contributed by atoms with Crippen LogP contribution >= 0.6 is 27.5 Å². The third kappa shape index (κ3) is 2.45. The molecule has 3 aromatic rings. The standard InChI is InChI=1S/C15H13BrClN3O/c1-4-9-5-10(16)6-11-7(2)12(14(17)19-13(9)11)15-18-8(3)20-21-15/h5-6H,4H2,1-3H3. The normalized spacial score (nSPS) is 11.3. The van der Waals surface area contributed by atoms with Crippen LogP contribution in [0.25, 0.3) is 22.4 Å². The third-order valence-corrected chi connectivity index (χ3v) is 4.20. The van der Waals surface area contributed by atoms with E-state index < -0.39 is 0 Å². The Bertz CT molecular complexity index is 845. The Balaban J connectivity index is 2.38. The van der Waals surface area contributed by atoms with Crippen molar-refractivity contribution in [2.75, 3.05) is 0 Å². The summed E-state index contributed by atoms with van der Waals surface area (Å²) in [5.41, 5.74) is 3.76. The average Bonchev–Trinajstić information content (AvgIpc) is 2.85. The number of aryl methyl sites for hydroxylation is 3. The Morgan fingerprint density at radius 1 is 1.24 bits per heavy atom. The van der Waals surface area contributed by atoms with Crippen molar-refractivity contribution in [1.82, 2.24) is 15.1 Å². The highest BCUT2D eigenvalue weighted by atomic mass is 79.9. The molecule has 0 bridgehead atoms. The minimum atomic E-state index is 0.390. The van der Waals surface area contributed by atoms with Crippen LogP contribution in [0.2, 0.25) is 5.15 Å². The van der Waals surface area contributed by atoms with Gasteiger partial charge >= 0.3 is 0 Å². The summed E-state index contributed by atoms with van der Waals surface area (Å²) in [7, 11) is 0. The third-order valence-electron chi connectivity index (χ3n) is 3.47. The van der Waals surface area contributed by atoms with Crippen molar-refractivity contribution >= 4 is 38.4 Å². The largest absolute Gasteiger partial charge is 0.334 e. The molecule has 4 nitrogen and oxygen atoms in total. The van der Waals surface area contributed by atoms with Crippen LogP contribution < -0.4 is 0 Å². The molecule has 1 aromatic carbocycles. The number of pyridine rings is 1. The zero-order valence-corrected chi connectivity index (χ0v) is 14.2. The van der Waals surface area contributed by atoms with E-state index in [9.17, 15) is 0 Å². The minimum Gasteiger partial charge on any atom is -0.334 e. The first-order chi connectivity index (χ1) is 10.0. The van der Waals surface area contributed by atoms with Gasteiger partial charge in [-0.15, -0.1) is 0 Å². The van der Waals surface area contributed by atoms with Crippen LogP contribution in [-0.2, 0) is 6.42 Å². The average molecular weight is 367 g/mol. The smallest absolute Gasteiger partial charge is 0.261 e. The molecule has 0 saturated carbocycles. The Hall–Kier alpha value is -1.46. The van der Waals surface area contributed by atoms with E-state index >= 15 is 0 Å². The second-order valence-electron chi connectivity index (χ2n) is 4.86. The van der Waals surface area contributed by atoms with Gasteiger partial charge in [0.05, 0.1) is 11.1 Å². The van der Waals surface area contributed by atoms with Crippen LogP contribution in [0.15, 0.2) is 21.1 Å². The molecule has 108 valence electrons. The number of hydrogen-bond donors (Lipinski definition) is 0. The van der Waals surface area contributed by atoms with Gasteiger partial charge in [-0.1, -0.05) is 39.6 Å². The van der Waals surface area contributed by atoms with E-state index in [0.717, 1.165) is 32.9 Å². The van der Waals surface area contributed by atoms with Crippen molar-refractivity contribution in [3.63, 3.8) is 0 Å². The van der Waals surface area contributed by atoms with Crippen molar-refractivity contribution in [3.05, 3.63) is 38.7 Å². The summed E-state index contributed by atoms with van der Waals surface area (Å²) < 4.78 is 6.27. The molecule has 0 unspecified atom stereocenters. The number of hydrogen-bond acceptors (Lipinski definition) is 4. The molecular formula is C15H13BrClN3O. The summed E-state index contributed by atoms with van der Waals surface area (Å²) in [6, 6.07) is 4.11. The highest BCUT2D eigenvalue weighted by Gasteiger charge is 2.19. The molecule has 0 fully saturated rings. The van der Waals surface area contributed by atoms with E-state index in [1.807, 2.05) is 13.0 Å². The molecule has 0 amide bonds. The first-order valence-electron chi connectivity index (χ1n) is 6.60. The number of rotatable bonds is 2. The van der Waals surface area contributed by atoms with Gasteiger partial charge in [-0.05, 0) is 43.5 Å². The summed E-state index contributed by atoms with van der Waals surface area (Å²) in [5, 5.41) is 5.25. The zero-order valence-electron chi connectivity index (χ0n) is 11.9. The Labute approximate surface area is 135 Å². The van der Waals surface area contributed by atoms with Gasteiger partial charge in [0.1, 0.15) is 5.15 Å². The predicted molar refractivity (Wildman–Crippen MR) is 86.6 cm³/mol. The molecule has 0 spiro atoms. The molecule has 2 aromatic heterocycles. The summed E-state index contributed by atoms with van der Waals surface area (Å²) in [6.07, 6.45) is 0.887. The van der Waals surface area contributed by atoms with Gasteiger partial charge in [-0.2, -0.15) is 4.98 Å². The fraction of sp³-hybridized carbons (Fsp3) is 0.267. The van der Waals surface area contributed by atoms with E-state index in [1.165, 1.54) is 0 Å². The first-order valence-corrected chi connectivity index (χ1v) is 7.77. The van der Waals surface area contributed by atoms with Gasteiger partial charge in [0.15, 0.2) is 5.82 Å². The van der Waals surface area contributed by atoms with Crippen LogP contribution in [0.4, 0.5) is 0 Å². The van der Waals surface area contributed by atoms with E-state index in [0.29, 0.717) is 22.4 Å². The summed E-state index contributed by atoms with van der Waals surface area (Å²) in [4.78, 5) is 8.81. The molecule has 6 heteroatoms. The molecule has 3 rings (SSSR count). The van der Waals surface area contributed by atoms with Gasteiger partial charge in [0.25, 0.3) is 5.89 Å². The van der Waals surface area contributed by atoms with Crippen molar-refractivity contribution in [3.8, 4) is 11.5 Å². The van der Waals surface area contributed by atoms with Crippen molar-refractivity contribution in [2.45, 2.75) is 27.2 Å². The van der Waals surface area contributed by atoms with E-state index in [-0.39, 0.29) is 0 Å². The van der Waals surface area contributed by atoms with Crippen LogP contribution in [0, 0.1) is 13.8 Å². The van der Waals surface area contributed by atoms with Crippen molar-refractivity contribution in [1.29, 1.82) is 0 Å². The Morgan fingerprint density at radius 2 is 2.00 bits per heavy atom. The Morgan fingerprint density at radius 3 is 2.62 bits per heavy atom. The van der Waals surface area contributed by atoms with Crippen molar-refractivity contribution < 1.29 is 4.52 Å². The highest BCUT2D eigenvalue weighted by molar-refractivity contribution is 9.10. The molecule has 0 N–H and O–H groups in total. The lowest BCUT2D eigenvalue weighted by Gasteiger charge is -2.11. The fourth-order valence-electron chi connectivity index (χ4n) is 2.43. The number of benzene rings is 1. The summed E-state index contributed by atoms with van der Waals surface area (Å²) in [6.45, 7) is 5.87. The zero-order chi connectivity index (χ0) is 15.1. The molecule has 0 aliphatic heterocycles. The second-order valence-corrected chi connectivity index (χ2v) is 6.14. The maximum Gasteiger partial charge on any atom is 0.261 e. The van der Waals surface area contributed by atoms with Gasteiger partial charge in [-0.3, -0.25) is 0 Å². The Kier molecular flexibility index (Phi) is 3.71. The second kappa shape index (κ2) is 5.39. The lowest BCUT2D eigenvalue weighted by atomic mass is 10.0. The SMILES string of the molecule is CCc1cc(Br)cc2c(C)c(-c3nc(C)no3)c(Cl)nc12. The molecule has 0 radical (unpaired) electrons. The summed E-state index contributed by atoms with van der Waals surface area (Å²) >= 11 is 9.92. The van der Waals surface area contributed by atoms with E-state index in [4.69, 9.17) is 16.1 Å². The number of halogens is 2. The highest BCUT2D eigenvalue weighted by Crippen LogP contribution is 2.36. The van der Waals surface area contributed by atoms with Crippen LogP contribution in [0.3, 0.4) is 0 Å².